The normalized spacial score (nSPS) is 15.9. The Morgan fingerprint density at radius 1 is 1.16 bits per heavy atom. The molecule has 1 heterocycles. The van der Waals surface area contributed by atoms with Crippen molar-refractivity contribution in [1.29, 1.82) is 0 Å². The van der Waals surface area contributed by atoms with Crippen molar-refractivity contribution in [2.24, 2.45) is 0 Å². The zero-order valence-corrected chi connectivity index (χ0v) is 17.8. The Morgan fingerprint density at radius 2 is 1.94 bits per heavy atom. The first-order valence-electron chi connectivity index (χ1n) is 9.50. The summed E-state index contributed by atoms with van der Waals surface area (Å²) < 4.78 is 41.0. The van der Waals surface area contributed by atoms with E-state index in [2.05, 4.69) is 20.0 Å². The van der Waals surface area contributed by atoms with Gasteiger partial charge in [-0.1, -0.05) is 17.7 Å². The van der Waals surface area contributed by atoms with Crippen LogP contribution in [0.3, 0.4) is 0 Å². The molecule has 1 aromatic heterocycles. The minimum atomic E-state index is -3.70. The van der Waals surface area contributed by atoms with Gasteiger partial charge in [-0.05, 0) is 67.3 Å². The van der Waals surface area contributed by atoms with E-state index >= 15 is 0 Å². The first kappa shape index (κ1) is 21.4. The van der Waals surface area contributed by atoms with Crippen LogP contribution in [0.15, 0.2) is 59.6 Å². The molecule has 0 spiro atoms. The van der Waals surface area contributed by atoms with Crippen molar-refractivity contribution in [3.05, 3.63) is 82.4 Å². The number of nitrogens with one attached hydrogen (secondary N) is 2. The van der Waals surface area contributed by atoms with Gasteiger partial charge in [0.2, 0.25) is 16.0 Å². The van der Waals surface area contributed by atoms with Crippen molar-refractivity contribution < 1.29 is 17.6 Å². The third-order valence-electron chi connectivity index (χ3n) is 4.91. The van der Waals surface area contributed by atoms with Crippen LogP contribution in [0.5, 0.6) is 0 Å². The molecule has 2 aromatic carbocycles. The van der Waals surface area contributed by atoms with Crippen molar-refractivity contribution in [2.75, 3.05) is 5.32 Å². The number of carbonyl (C=O) groups excluding carboxylic acids is 1. The van der Waals surface area contributed by atoms with Crippen molar-refractivity contribution in [2.45, 2.75) is 30.2 Å². The minimum absolute atomic E-state index is 0.112. The molecule has 1 atom stereocenters. The maximum Gasteiger partial charge on any atom is 0.258 e. The van der Waals surface area contributed by atoms with Gasteiger partial charge in [-0.15, -0.1) is 0 Å². The number of fused-ring (bicyclic) bond motifs is 1. The van der Waals surface area contributed by atoms with Gasteiger partial charge >= 0.3 is 0 Å². The highest BCUT2D eigenvalue weighted by atomic mass is 35.5. The molecule has 1 aliphatic carbocycles. The number of carbonyl (C=O) groups is 1. The molecule has 1 amide bonds. The Labute approximate surface area is 183 Å². The molecule has 0 fully saturated rings. The van der Waals surface area contributed by atoms with E-state index in [4.69, 9.17) is 11.6 Å². The van der Waals surface area contributed by atoms with Gasteiger partial charge in [0.05, 0.1) is 4.90 Å². The summed E-state index contributed by atoms with van der Waals surface area (Å²) in [5.74, 6) is -0.726. The molecular weight excluding hydrogens is 443 g/mol. The molecule has 3 aromatic rings. The molecule has 7 nitrogen and oxygen atoms in total. The zero-order valence-electron chi connectivity index (χ0n) is 16.2. The lowest BCUT2D eigenvalue weighted by Crippen LogP contribution is -2.39. The highest BCUT2D eigenvalue weighted by molar-refractivity contribution is 7.89. The smallest absolute Gasteiger partial charge is 0.258 e. The van der Waals surface area contributed by atoms with Crippen LogP contribution in [-0.4, -0.2) is 30.3 Å². The summed E-state index contributed by atoms with van der Waals surface area (Å²) in [7, 11) is -3.70. The van der Waals surface area contributed by atoms with Crippen LogP contribution in [0.2, 0.25) is 5.02 Å². The summed E-state index contributed by atoms with van der Waals surface area (Å²) in [6.07, 6.45) is 3.10. The number of rotatable bonds is 5. The molecule has 0 saturated carbocycles. The van der Waals surface area contributed by atoms with Crippen LogP contribution in [0.1, 0.15) is 28.0 Å². The van der Waals surface area contributed by atoms with Gasteiger partial charge in [0.15, 0.2) is 0 Å². The Morgan fingerprint density at radius 3 is 2.68 bits per heavy atom. The maximum atomic E-state index is 13.0. The molecule has 31 heavy (non-hydrogen) atoms. The molecule has 0 bridgehead atoms. The second kappa shape index (κ2) is 8.70. The van der Waals surface area contributed by atoms with Crippen LogP contribution in [0.4, 0.5) is 10.3 Å². The van der Waals surface area contributed by atoms with Crippen LogP contribution in [0.25, 0.3) is 0 Å². The molecular formula is C21H18ClFN4O3S. The molecule has 4 rings (SSSR count). The Balaban J connectivity index is 1.43. The number of hydrogen-bond acceptors (Lipinski definition) is 5. The summed E-state index contributed by atoms with van der Waals surface area (Å²) in [4.78, 5) is 20.9. The Hall–Kier alpha value is -2.88. The topological polar surface area (TPSA) is 101 Å². The van der Waals surface area contributed by atoms with E-state index in [1.54, 1.807) is 18.3 Å². The molecule has 0 aliphatic heterocycles. The molecule has 1 aliphatic rings. The van der Waals surface area contributed by atoms with E-state index in [0.29, 0.717) is 29.8 Å². The Bertz CT molecular complexity index is 1240. The highest BCUT2D eigenvalue weighted by Gasteiger charge is 2.26. The lowest BCUT2D eigenvalue weighted by Gasteiger charge is -2.24. The fourth-order valence-corrected chi connectivity index (χ4v) is 4.94. The number of benzene rings is 2. The van der Waals surface area contributed by atoms with Gasteiger partial charge < -0.3 is 0 Å². The molecule has 2 N–H and O–H groups in total. The monoisotopic (exact) mass is 460 g/mol. The van der Waals surface area contributed by atoms with Gasteiger partial charge in [-0.25, -0.2) is 27.5 Å². The van der Waals surface area contributed by atoms with E-state index in [-0.39, 0.29) is 16.9 Å². The van der Waals surface area contributed by atoms with Gasteiger partial charge in [-0.2, -0.15) is 0 Å². The first-order chi connectivity index (χ1) is 14.8. The predicted molar refractivity (Wildman–Crippen MR) is 114 cm³/mol. The van der Waals surface area contributed by atoms with Gasteiger partial charge in [0.1, 0.15) is 5.82 Å². The number of halogens is 2. The second-order valence-corrected chi connectivity index (χ2v) is 9.30. The third-order valence-corrected chi connectivity index (χ3v) is 6.66. The van der Waals surface area contributed by atoms with Crippen LogP contribution in [-0.2, 0) is 22.9 Å². The standard InChI is InChI=1S/C21H18ClFN4O3S/c22-15-2-1-3-18(11-15)31(29,30)27-17-8-9-19-14(10-17)12-24-21(25-19)26-20(28)13-4-6-16(23)7-5-13/h1-7,11-12,17,27H,8-10H2,(H,24,25,26,28). The average molecular weight is 461 g/mol. The van der Waals surface area contributed by atoms with E-state index in [9.17, 15) is 17.6 Å². The van der Waals surface area contributed by atoms with Gasteiger partial charge in [-0.3, -0.25) is 10.1 Å². The fraction of sp³-hybridized carbons (Fsp3) is 0.190. The van der Waals surface area contributed by atoms with Crippen LogP contribution >= 0.6 is 11.6 Å². The number of nitrogens with zero attached hydrogens (tertiary/aromatic N) is 2. The lowest BCUT2D eigenvalue weighted by atomic mass is 9.94. The van der Waals surface area contributed by atoms with E-state index < -0.39 is 21.7 Å². The number of sulfonamides is 1. The number of amides is 1. The number of anilines is 1. The SMILES string of the molecule is O=C(Nc1ncc2c(n1)CCC(NS(=O)(=O)c1cccc(Cl)c1)C2)c1ccc(F)cc1. The van der Waals surface area contributed by atoms with Gasteiger partial charge in [0.25, 0.3) is 5.91 Å². The van der Waals surface area contributed by atoms with Crippen molar-refractivity contribution in [3.8, 4) is 0 Å². The van der Waals surface area contributed by atoms with Crippen molar-refractivity contribution in [3.63, 3.8) is 0 Å². The third kappa shape index (κ3) is 5.07. The molecule has 10 heteroatoms. The van der Waals surface area contributed by atoms with Gasteiger partial charge in [0, 0.05) is 28.5 Å². The Kier molecular flexibility index (Phi) is 5.99. The minimum Gasteiger partial charge on any atom is -0.290 e. The number of hydrogen-bond donors (Lipinski definition) is 2. The van der Waals surface area contributed by atoms with E-state index in [1.165, 1.54) is 36.4 Å². The first-order valence-corrected chi connectivity index (χ1v) is 11.4. The summed E-state index contributed by atoms with van der Waals surface area (Å²) >= 11 is 5.90. The predicted octanol–water partition coefficient (Wildman–Crippen LogP) is 3.36. The summed E-state index contributed by atoms with van der Waals surface area (Å²) in [6.45, 7) is 0. The summed E-state index contributed by atoms with van der Waals surface area (Å²) in [6, 6.07) is 10.9. The largest absolute Gasteiger partial charge is 0.290 e. The zero-order chi connectivity index (χ0) is 22.0. The van der Waals surface area contributed by atoms with E-state index in [0.717, 1.165) is 11.3 Å². The quantitative estimate of drug-likeness (QED) is 0.608. The fourth-order valence-electron chi connectivity index (χ4n) is 3.36. The second-order valence-electron chi connectivity index (χ2n) is 7.14. The lowest BCUT2D eigenvalue weighted by molar-refractivity contribution is 0.102. The summed E-state index contributed by atoms with van der Waals surface area (Å²) in [5, 5.41) is 2.94. The number of aryl methyl sites for hydroxylation is 1. The number of aromatic nitrogens is 2. The molecule has 160 valence electrons. The molecule has 0 saturated heterocycles. The molecule has 0 radical (unpaired) electrons. The highest BCUT2D eigenvalue weighted by Crippen LogP contribution is 2.23. The maximum absolute atomic E-state index is 13.0. The van der Waals surface area contributed by atoms with Crippen molar-refractivity contribution in [1.82, 2.24) is 14.7 Å². The summed E-state index contributed by atoms with van der Waals surface area (Å²) in [5.41, 5.74) is 1.85. The van der Waals surface area contributed by atoms with Crippen LogP contribution < -0.4 is 10.0 Å². The van der Waals surface area contributed by atoms with E-state index in [1.807, 2.05) is 0 Å². The van der Waals surface area contributed by atoms with Crippen LogP contribution in [0, 0.1) is 5.82 Å². The molecule has 1 unspecified atom stereocenters. The van der Waals surface area contributed by atoms with Crippen molar-refractivity contribution >= 4 is 33.5 Å². The average Bonchev–Trinajstić information content (AvgIpc) is 2.74.